The van der Waals surface area contributed by atoms with Crippen LogP contribution in [0.1, 0.15) is 27.7 Å². The van der Waals surface area contributed by atoms with Crippen LogP contribution in [0.2, 0.25) is 0 Å². The van der Waals surface area contributed by atoms with Gasteiger partial charge in [-0.05, 0) is 33.8 Å². The van der Waals surface area contributed by atoms with Gasteiger partial charge in [-0.15, -0.1) is 0 Å². The van der Waals surface area contributed by atoms with Crippen molar-refractivity contribution in [1.29, 1.82) is 0 Å². The van der Waals surface area contributed by atoms with Gasteiger partial charge in [-0.1, -0.05) is 12.1 Å². The fraction of sp³-hybridized carbons (Fsp3) is 0.467. The zero-order chi connectivity index (χ0) is 18.5. The lowest BCUT2D eigenvalue weighted by Gasteiger charge is -2.25. The number of carboxylic acid groups (broad SMARTS) is 1. The van der Waals surface area contributed by atoms with E-state index in [-0.39, 0.29) is 11.4 Å². The molecule has 0 saturated heterocycles. The smallest absolute Gasteiger partial charge is 0.408 e. The van der Waals surface area contributed by atoms with E-state index >= 15 is 0 Å². The number of nitrogens with one attached hydrogen (secondary N) is 2. The van der Waals surface area contributed by atoms with Crippen molar-refractivity contribution in [1.82, 2.24) is 5.32 Å². The average Bonchev–Trinajstić information content (AvgIpc) is 2.42. The van der Waals surface area contributed by atoms with E-state index in [0.717, 1.165) is 0 Å². The van der Waals surface area contributed by atoms with Gasteiger partial charge in [0.25, 0.3) is 5.69 Å². The van der Waals surface area contributed by atoms with E-state index in [1.165, 1.54) is 25.1 Å². The number of nitro benzene ring substituents is 1. The largest absolute Gasteiger partial charge is 0.480 e. The van der Waals surface area contributed by atoms with Crippen LogP contribution >= 0.6 is 0 Å². The molecule has 1 rings (SSSR count). The van der Waals surface area contributed by atoms with Gasteiger partial charge in [-0.3, -0.25) is 10.1 Å². The summed E-state index contributed by atoms with van der Waals surface area (Å²) in [4.78, 5) is 33.6. The molecule has 132 valence electrons. The average molecular weight is 339 g/mol. The predicted octanol–water partition coefficient (Wildman–Crippen LogP) is 2.37. The second-order valence-electron chi connectivity index (χ2n) is 6.17. The van der Waals surface area contributed by atoms with Crippen LogP contribution < -0.4 is 10.6 Å². The summed E-state index contributed by atoms with van der Waals surface area (Å²) < 4.78 is 5.03. The first-order chi connectivity index (χ1) is 11.0. The minimum Gasteiger partial charge on any atom is -0.480 e. The van der Waals surface area contributed by atoms with Crippen molar-refractivity contribution in [3.63, 3.8) is 0 Å². The monoisotopic (exact) mass is 339 g/mol. The molecule has 0 heterocycles. The second kappa shape index (κ2) is 7.62. The van der Waals surface area contributed by atoms with Crippen LogP contribution in [0.3, 0.4) is 0 Å². The van der Waals surface area contributed by atoms with E-state index in [1.54, 1.807) is 26.8 Å². The van der Waals surface area contributed by atoms with Crippen molar-refractivity contribution >= 4 is 23.4 Å². The summed E-state index contributed by atoms with van der Waals surface area (Å²) in [5.74, 6) is -1.29. The van der Waals surface area contributed by atoms with Crippen LogP contribution in [0.4, 0.5) is 16.2 Å². The first kappa shape index (κ1) is 19.2. The zero-order valence-corrected chi connectivity index (χ0v) is 13.9. The standard InChI is InChI=1S/C15H21N3O6/c1-9(16-10-7-5-6-8-11(10)18(22)23)12(13(19)20)17-14(21)24-15(2,3)4/h5-9,12,16H,1-4H3,(H,17,21)(H,19,20). The summed E-state index contributed by atoms with van der Waals surface area (Å²) in [6.07, 6.45) is -0.883. The molecule has 9 heteroatoms. The van der Waals surface area contributed by atoms with Crippen molar-refractivity contribution in [3.05, 3.63) is 34.4 Å². The van der Waals surface area contributed by atoms with Crippen LogP contribution in [0.25, 0.3) is 0 Å². The molecule has 0 aliphatic rings. The number of hydrogen-bond acceptors (Lipinski definition) is 6. The zero-order valence-electron chi connectivity index (χ0n) is 13.9. The maximum Gasteiger partial charge on any atom is 0.408 e. The highest BCUT2D eigenvalue weighted by atomic mass is 16.6. The van der Waals surface area contributed by atoms with Gasteiger partial charge in [0, 0.05) is 6.07 Å². The van der Waals surface area contributed by atoms with Crippen LogP contribution in [0, 0.1) is 10.1 Å². The highest BCUT2D eigenvalue weighted by molar-refractivity contribution is 5.81. The summed E-state index contributed by atoms with van der Waals surface area (Å²) >= 11 is 0. The molecule has 1 aromatic rings. The summed E-state index contributed by atoms with van der Waals surface area (Å²) in [7, 11) is 0. The summed E-state index contributed by atoms with van der Waals surface area (Å²) in [5.41, 5.74) is -0.805. The predicted molar refractivity (Wildman–Crippen MR) is 87.0 cm³/mol. The molecule has 2 atom stereocenters. The van der Waals surface area contributed by atoms with Gasteiger partial charge in [-0.25, -0.2) is 9.59 Å². The van der Waals surface area contributed by atoms with E-state index in [0.29, 0.717) is 0 Å². The Morgan fingerprint density at radius 2 is 1.88 bits per heavy atom. The SMILES string of the molecule is CC(Nc1ccccc1[N+](=O)[O-])C(NC(=O)OC(C)(C)C)C(=O)O. The number of rotatable bonds is 6. The topological polar surface area (TPSA) is 131 Å². The highest BCUT2D eigenvalue weighted by Gasteiger charge is 2.30. The number of nitro groups is 1. The number of nitrogens with zero attached hydrogens (tertiary/aromatic N) is 1. The second-order valence-corrected chi connectivity index (χ2v) is 6.17. The van der Waals surface area contributed by atoms with Gasteiger partial charge in [0.2, 0.25) is 0 Å². The molecule has 3 N–H and O–H groups in total. The Kier molecular flexibility index (Phi) is 6.10. The molecule has 0 aromatic heterocycles. The molecule has 1 amide bonds. The number of hydrogen-bond donors (Lipinski definition) is 3. The Hall–Kier alpha value is -2.84. The van der Waals surface area contributed by atoms with Gasteiger partial charge in [0.05, 0.1) is 11.0 Å². The molecule has 0 bridgehead atoms. The number of carbonyl (C=O) groups is 2. The van der Waals surface area contributed by atoms with E-state index in [2.05, 4.69) is 10.6 Å². The molecule has 9 nitrogen and oxygen atoms in total. The van der Waals surface area contributed by atoms with Crippen LogP contribution in [-0.4, -0.2) is 39.8 Å². The van der Waals surface area contributed by atoms with E-state index in [9.17, 15) is 24.8 Å². The lowest BCUT2D eigenvalue weighted by Crippen LogP contribution is -2.51. The Morgan fingerprint density at radius 3 is 2.38 bits per heavy atom. The Bertz CT molecular complexity index is 626. The number of benzene rings is 1. The minimum absolute atomic E-state index is 0.159. The summed E-state index contributed by atoms with van der Waals surface area (Å²) in [6, 6.07) is 3.68. The number of para-hydroxylation sites is 2. The van der Waals surface area contributed by atoms with Crippen molar-refractivity contribution in [2.75, 3.05) is 5.32 Å². The molecule has 2 unspecified atom stereocenters. The minimum atomic E-state index is -1.33. The lowest BCUT2D eigenvalue weighted by atomic mass is 10.1. The van der Waals surface area contributed by atoms with Crippen molar-refractivity contribution in [3.8, 4) is 0 Å². The van der Waals surface area contributed by atoms with Crippen LogP contribution in [-0.2, 0) is 9.53 Å². The summed E-state index contributed by atoms with van der Waals surface area (Å²) in [6.45, 7) is 6.44. The molecular formula is C15H21N3O6. The Balaban J connectivity index is 2.88. The van der Waals surface area contributed by atoms with Gasteiger partial charge >= 0.3 is 12.1 Å². The fourth-order valence-electron chi connectivity index (χ4n) is 1.92. The molecule has 0 aliphatic carbocycles. The quantitative estimate of drug-likeness (QED) is 0.535. The highest BCUT2D eigenvalue weighted by Crippen LogP contribution is 2.24. The number of carbonyl (C=O) groups excluding carboxylic acids is 1. The number of alkyl carbamates (subject to hydrolysis) is 1. The third-order valence-corrected chi connectivity index (χ3v) is 2.92. The molecular weight excluding hydrogens is 318 g/mol. The normalized spacial score (nSPS) is 13.5. The summed E-state index contributed by atoms with van der Waals surface area (Å²) in [5, 5.41) is 25.3. The first-order valence-corrected chi connectivity index (χ1v) is 7.23. The van der Waals surface area contributed by atoms with Crippen molar-refractivity contribution in [2.24, 2.45) is 0 Å². The third-order valence-electron chi connectivity index (χ3n) is 2.92. The molecule has 0 saturated carbocycles. The maximum atomic E-state index is 11.8. The third kappa shape index (κ3) is 5.75. The van der Waals surface area contributed by atoms with E-state index < -0.39 is 34.7 Å². The number of carboxylic acids is 1. The van der Waals surface area contributed by atoms with E-state index in [4.69, 9.17) is 4.74 Å². The number of amides is 1. The van der Waals surface area contributed by atoms with Gasteiger partial charge < -0.3 is 20.5 Å². The van der Waals surface area contributed by atoms with Crippen LogP contribution in [0.15, 0.2) is 24.3 Å². The molecule has 1 aromatic carbocycles. The molecule has 24 heavy (non-hydrogen) atoms. The van der Waals surface area contributed by atoms with Crippen molar-refractivity contribution < 1.29 is 24.4 Å². The van der Waals surface area contributed by atoms with E-state index in [1.807, 2.05) is 0 Å². The first-order valence-electron chi connectivity index (χ1n) is 7.23. The van der Waals surface area contributed by atoms with Gasteiger partial charge in [0.15, 0.2) is 0 Å². The molecule has 0 fully saturated rings. The van der Waals surface area contributed by atoms with Crippen LogP contribution in [0.5, 0.6) is 0 Å². The number of aliphatic carboxylic acids is 1. The number of anilines is 1. The lowest BCUT2D eigenvalue weighted by molar-refractivity contribution is -0.384. The van der Waals surface area contributed by atoms with Crippen molar-refractivity contribution in [2.45, 2.75) is 45.4 Å². The van der Waals surface area contributed by atoms with Gasteiger partial charge in [0.1, 0.15) is 17.3 Å². The fourth-order valence-corrected chi connectivity index (χ4v) is 1.92. The Morgan fingerprint density at radius 1 is 1.29 bits per heavy atom. The Labute approximate surface area is 139 Å². The van der Waals surface area contributed by atoms with Gasteiger partial charge in [-0.2, -0.15) is 0 Å². The number of ether oxygens (including phenoxy) is 1. The molecule has 0 aliphatic heterocycles. The molecule has 0 spiro atoms. The maximum absolute atomic E-state index is 11.8. The molecule has 0 radical (unpaired) electrons.